The highest BCUT2D eigenvalue weighted by Gasteiger charge is 2.10. The van der Waals surface area contributed by atoms with Crippen LogP contribution < -0.4 is 4.74 Å². The molecule has 2 nitrogen and oxygen atoms in total. The minimum absolute atomic E-state index is 0.320. The number of hydrogen-bond donors (Lipinski definition) is 0. The first-order valence-electron chi connectivity index (χ1n) is 11.6. The molecule has 0 saturated carbocycles. The van der Waals surface area contributed by atoms with Gasteiger partial charge in [-0.25, -0.2) is 4.79 Å². The largest absolute Gasteiger partial charge is 0.423 e. The van der Waals surface area contributed by atoms with Crippen molar-refractivity contribution in [2.24, 2.45) is 5.92 Å². The third-order valence-corrected chi connectivity index (χ3v) is 5.89. The van der Waals surface area contributed by atoms with E-state index in [9.17, 15) is 4.79 Å². The van der Waals surface area contributed by atoms with Crippen molar-refractivity contribution in [2.45, 2.75) is 59.3 Å². The van der Waals surface area contributed by atoms with E-state index in [0.29, 0.717) is 17.2 Å². The monoisotopic (exact) mass is 414 g/mol. The third kappa shape index (κ3) is 6.82. The fraction of sp³-hybridized carbons (Fsp3) is 0.345. The highest BCUT2D eigenvalue weighted by atomic mass is 16.5. The molecule has 0 aliphatic heterocycles. The molecule has 3 rings (SSSR count). The molecule has 0 N–H and O–H groups in total. The molecule has 0 heterocycles. The maximum Gasteiger partial charge on any atom is 0.343 e. The molecule has 0 bridgehead atoms. The molecule has 31 heavy (non-hydrogen) atoms. The lowest BCUT2D eigenvalue weighted by Gasteiger charge is -2.09. The SMILES string of the molecule is CCCCCc1ccc(-c2ccc(OC(=O)c3ccc(C[C@@H](C)CC)cc3)cc2)cc1. The number of carbonyl (C=O) groups is 1. The smallest absolute Gasteiger partial charge is 0.343 e. The van der Waals surface area contributed by atoms with Gasteiger partial charge in [0, 0.05) is 0 Å². The van der Waals surface area contributed by atoms with Crippen molar-refractivity contribution in [3.63, 3.8) is 0 Å². The van der Waals surface area contributed by atoms with Gasteiger partial charge in [0.25, 0.3) is 0 Å². The molecular formula is C29H34O2. The molecule has 3 aromatic carbocycles. The maximum atomic E-state index is 12.5. The van der Waals surface area contributed by atoms with Crippen LogP contribution >= 0.6 is 0 Å². The summed E-state index contributed by atoms with van der Waals surface area (Å²) in [6, 6.07) is 24.3. The van der Waals surface area contributed by atoms with Crippen molar-refractivity contribution < 1.29 is 9.53 Å². The lowest BCUT2D eigenvalue weighted by molar-refractivity contribution is 0.0735. The number of rotatable bonds is 10. The van der Waals surface area contributed by atoms with Crippen LogP contribution in [0.15, 0.2) is 72.8 Å². The Morgan fingerprint density at radius 3 is 1.94 bits per heavy atom. The van der Waals surface area contributed by atoms with E-state index in [1.807, 2.05) is 48.5 Å². The molecule has 3 aromatic rings. The zero-order valence-corrected chi connectivity index (χ0v) is 19.1. The van der Waals surface area contributed by atoms with Gasteiger partial charge in [0.1, 0.15) is 5.75 Å². The van der Waals surface area contributed by atoms with Gasteiger partial charge in [-0.1, -0.05) is 88.6 Å². The summed E-state index contributed by atoms with van der Waals surface area (Å²) < 4.78 is 5.57. The van der Waals surface area contributed by atoms with Crippen LogP contribution in [0.4, 0.5) is 0 Å². The van der Waals surface area contributed by atoms with Gasteiger partial charge in [0.05, 0.1) is 5.56 Å². The molecule has 0 fully saturated rings. The van der Waals surface area contributed by atoms with Crippen molar-refractivity contribution in [2.75, 3.05) is 0 Å². The fourth-order valence-corrected chi connectivity index (χ4v) is 3.65. The quantitative estimate of drug-likeness (QED) is 0.191. The molecule has 0 aromatic heterocycles. The molecule has 0 amide bonds. The zero-order valence-electron chi connectivity index (χ0n) is 19.1. The van der Waals surface area contributed by atoms with Gasteiger partial charge in [0.15, 0.2) is 0 Å². The van der Waals surface area contributed by atoms with Crippen LogP contribution in [0.1, 0.15) is 67.9 Å². The highest BCUT2D eigenvalue weighted by molar-refractivity contribution is 5.91. The molecule has 1 atom stereocenters. The second-order valence-corrected chi connectivity index (χ2v) is 8.48. The van der Waals surface area contributed by atoms with Gasteiger partial charge in [0.2, 0.25) is 0 Å². The predicted octanol–water partition coefficient (Wildman–Crippen LogP) is 7.89. The van der Waals surface area contributed by atoms with E-state index < -0.39 is 0 Å². The van der Waals surface area contributed by atoms with Crippen LogP contribution in [0.3, 0.4) is 0 Å². The summed E-state index contributed by atoms with van der Waals surface area (Å²) in [6.45, 7) is 6.67. The average Bonchev–Trinajstić information content (AvgIpc) is 2.80. The Bertz CT molecular complexity index is 938. The number of aryl methyl sites for hydroxylation is 1. The van der Waals surface area contributed by atoms with Crippen molar-refractivity contribution in [1.29, 1.82) is 0 Å². The molecular weight excluding hydrogens is 380 g/mol. The van der Waals surface area contributed by atoms with Crippen molar-refractivity contribution >= 4 is 5.97 Å². The van der Waals surface area contributed by atoms with Crippen molar-refractivity contribution in [3.05, 3.63) is 89.5 Å². The van der Waals surface area contributed by atoms with Gasteiger partial charge in [-0.2, -0.15) is 0 Å². The minimum atomic E-state index is -0.320. The van der Waals surface area contributed by atoms with E-state index in [1.54, 1.807) is 0 Å². The van der Waals surface area contributed by atoms with Crippen LogP contribution in [0, 0.1) is 5.92 Å². The molecule has 0 radical (unpaired) electrons. The number of esters is 1. The van der Waals surface area contributed by atoms with E-state index in [4.69, 9.17) is 4.74 Å². The van der Waals surface area contributed by atoms with Crippen LogP contribution in [0.25, 0.3) is 11.1 Å². The summed E-state index contributed by atoms with van der Waals surface area (Å²) in [5.41, 5.74) is 5.52. The number of carbonyl (C=O) groups excluding carboxylic acids is 1. The minimum Gasteiger partial charge on any atom is -0.423 e. The lowest BCUT2D eigenvalue weighted by Crippen LogP contribution is -2.08. The van der Waals surface area contributed by atoms with Crippen molar-refractivity contribution in [1.82, 2.24) is 0 Å². The normalized spacial score (nSPS) is 11.8. The average molecular weight is 415 g/mol. The molecule has 0 unspecified atom stereocenters. The molecule has 0 spiro atoms. The molecule has 0 aliphatic carbocycles. The third-order valence-electron chi connectivity index (χ3n) is 5.89. The van der Waals surface area contributed by atoms with Crippen molar-refractivity contribution in [3.8, 4) is 16.9 Å². The Hall–Kier alpha value is -2.87. The lowest BCUT2D eigenvalue weighted by atomic mass is 9.98. The fourth-order valence-electron chi connectivity index (χ4n) is 3.65. The number of unbranched alkanes of at least 4 members (excludes halogenated alkanes) is 2. The summed E-state index contributed by atoms with van der Waals surface area (Å²) in [4.78, 5) is 12.5. The van der Waals surface area contributed by atoms with E-state index in [0.717, 1.165) is 24.8 Å². The topological polar surface area (TPSA) is 26.3 Å². The molecule has 2 heteroatoms. The van der Waals surface area contributed by atoms with Gasteiger partial charge in [-0.05, 0) is 71.7 Å². The Morgan fingerprint density at radius 2 is 1.35 bits per heavy atom. The molecule has 162 valence electrons. The Kier molecular flexibility index (Phi) is 8.46. The van der Waals surface area contributed by atoms with Gasteiger partial charge in [-0.3, -0.25) is 0 Å². The van der Waals surface area contributed by atoms with Gasteiger partial charge < -0.3 is 4.74 Å². The highest BCUT2D eigenvalue weighted by Crippen LogP contribution is 2.24. The zero-order chi connectivity index (χ0) is 22.1. The standard InChI is InChI=1S/C29H34O2/c1-4-6-7-8-23-9-13-25(14-10-23)26-17-19-28(20-18-26)31-29(30)27-15-11-24(12-16-27)21-22(3)5-2/h9-20,22H,4-8,21H2,1-3H3/t22-/m0/s1. The van der Waals surface area contributed by atoms with Gasteiger partial charge in [-0.15, -0.1) is 0 Å². The Morgan fingerprint density at radius 1 is 0.774 bits per heavy atom. The van der Waals surface area contributed by atoms with Crippen LogP contribution in [0.5, 0.6) is 5.75 Å². The predicted molar refractivity (Wildman–Crippen MR) is 130 cm³/mol. The van der Waals surface area contributed by atoms with E-state index in [1.165, 1.54) is 36.0 Å². The summed E-state index contributed by atoms with van der Waals surface area (Å²) in [5.74, 6) is 0.890. The van der Waals surface area contributed by atoms with Crippen LogP contribution in [0.2, 0.25) is 0 Å². The number of hydrogen-bond acceptors (Lipinski definition) is 2. The number of benzene rings is 3. The first-order valence-corrected chi connectivity index (χ1v) is 11.6. The van der Waals surface area contributed by atoms with E-state index >= 15 is 0 Å². The Labute approximate surface area is 187 Å². The van der Waals surface area contributed by atoms with Gasteiger partial charge >= 0.3 is 5.97 Å². The summed E-state index contributed by atoms with van der Waals surface area (Å²) >= 11 is 0. The summed E-state index contributed by atoms with van der Waals surface area (Å²) in [5, 5.41) is 0. The first kappa shape index (κ1) is 22.8. The molecule has 0 saturated heterocycles. The summed E-state index contributed by atoms with van der Waals surface area (Å²) in [7, 11) is 0. The first-order chi connectivity index (χ1) is 15.1. The number of ether oxygens (including phenoxy) is 1. The molecule has 0 aliphatic rings. The van der Waals surface area contributed by atoms with E-state index in [2.05, 4.69) is 45.0 Å². The van der Waals surface area contributed by atoms with Crippen LogP contribution in [-0.2, 0) is 12.8 Å². The second-order valence-electron chi connectivity index (χ2n) is 8.48. The van der Waals surface area contributed by atoms with E-state index in [-0.39, 0.29) is 5.97 Å². The second kappa shape index (κ2) is 11.5. The summed E-state index contributed by atoms with van der Waals surface area (Å²) in [6.07, 6.45) is 7.11. The Balaban J connectivity index is 1.58. The maximum absolute atomic E-state index is 12.5. The van der Waals surface area contributed by atoms with Crippen LogP contribution in [-0.4, -0.2) is 5.97 Å².